The summed E-state index contributed by atoms with van der Waals surface area (Å²) in [6.45, 7) is 3.03. The Labute approximate surface area is 164 Å². The van der Waals surface area contributed by atoms with E-state index >= 15 is 0 Å². The Bertz CT molecular complexity index is 795. The van der Waals surface area contributed by atoms with Crippen molar-refractivity contribution in [3.63, 3.8) is 0 Å². The maximum absolute atomic E-state index is 13.0. The van der Waals surface area contributed by atoms with Crippen molar-refractivity contribution in [3.05, 3.63) is 71.8 Å². The van der Waals surface area contributed by atoms with E-state index in [9.17, 15) is 14.4 Å². The number of esters is 1. The van der Waals surface area contributed by atoms with Crippen molar-refractivity contribution in [1.82, 2.24) is 10.8 Å². The van der Waals surface area contributed by atoms with Crippen molar-refractivity contribution in [2.75, 3.05) is 6.61 Å². The summed E-state index contributed by atoms with van der Waals surface area (Å²) in [6.07, 6.45) is -0.0766. The van der Waals surface area contributed by atoms with Crippen LogP contribution in [0.5, 0.6) is 0 Å². The zero-order valence-corrected chi connectivity index (χ0v) is 15.9. The molecule has 28 heavy (non-hydrogen) atoms. The van der Waals surface area contributed by atoms with Crippen LogP contribution < -0.4 is 10.8 Å². The highest BCUT2D eigenvalue weighted by Gasteiger charge is 2.49. The van der Waals surface area contributed by atoms with Crippen molar-refractivity contribution < 1.29 is 24.0 Å². The van der Waals surface area contributed by atoms with Gasteiger partial charge in [-0.2, -0.15) is 0 Å². The van der Waals surface area contributed by atoms with Gasteiger partial charge < -0.3 is 10.1 Å². The van der Waals surface area contributed by atoms with E-state index in [-0.39, 0.29) is 19.6 Å². The second-order valence-corrected chi connectivity index (χ2v) is 6.17. The van der Waals surface area contributed by atoms with Crippen LogP contribution in [-0.4, -0.2) is 29.9 Å². The number of benzene rings is 2. The Morgan fingerprint density at radius 3 is 2.04 bits per heavy atom. The second-order valence-electron chi connectivity index (χ2n) is 6.17. The zero-order chi connectivity index (χ0) is 20.4. The summed E-state index contributed by atoms with van der Waals surface area (Å²) >= 11 is 0. The minimum atomic E-state index is -1.94. The van der Waals surface area contributed by atoms with Gasteiger partial charge in [-0.3, -0.25) is 14.4 Å². The molecule has 2 aromatic rings. The van der Waals surface area contributed by atoms with Crippen LogP contribution in [-0.2, 0) is 37.0 Å². The molecule has 1 unspecified atom stereocenters. The third kappa shape index (κ3) is 5.65. The lowest BCUT2D eigenvalue weighted by Crippen LogP contribution is -2.65. The Morgan fingerprint density at radius 1 is 0.929 bits per heavy atom. The van der Waals surface area contributed by atoms with Gasteiger partial charge in [0.2, 0.25) is 11.4 Å². The normalized spacial score (nSPS) is 12.5. The van der Waals surface area contributed by atoms with Gasteiger partial charge in [-0.25, -0.2) is 10.3 Å². The zero-order valence-electron chi connectivity index (χ0n) is 15.9. The average molecular weight is 384 g/mol. The van der Waals surface area contributed by atoms with E-state index < -0.39 is 23.3 Å². The molecule has 2 N–H and O–H groups in total. The third-order valence-corrected chi connectivity index (χ3v) is 3.96. The van der Waals surface area contributed by atoms with Gasteiger partial charge >= 0.3 is 5.97 Å². The van der Waals surface area contributed by atoms with Gasteiger partial charge in [-0.1, -0.05) is 60.7 Å². The van der Waals surface area contributed by atoms with Gasteiger partial charge in [0.1, 0.15) is 0 Å². The molecule has 2 aromatic carbocycles. The number of carbonyl (C=O) groups excluding carboxylic acids is 3. The quantitative estimate of drug-likeness (QED) is 0.391. The highest BCUT2D eigenvalue weighted by atomic mass is 16.7. The van der Waals surface area contributed by atoms with Crippen molar-refractivity contribution in [2.24, 2.45) is 0 Å². The van der Waals surface area contributed by atoms with E-state index in [0.29, 0.717) is 5.56 Å². The highest BCUT2D eigenvalue weighted by Crippen LogP contribution is 2.17. The van der Waals surface area contributed by atoms with E-state index in [2.05, 4.69) is 10.8 Å². The molecule has 0 saturated heterocycles. The molecule has 0 bridgehead atoms. The van der Waals surface area contributed by atoms with Crippen LogP contribution in [0.2, 0.25) is 0 Å². The van der Waals surface area contributed by atoms with Crippen molar-refractivity contribution >= 4 is 17.8 Å². The molecule has 0 radical (unpaired) electrons. The van der Waals surface area contributed by atoms with Gasteiger partial charge in [0, 0.05) is 13.3 Å². The molecule has 7 nitrogen and oxygen atoms in total. The Kier molecular flexibility index (Phi) is 7.71. The van der Waals surface area contributed by atoms with Crippen molar-refractivity contribution in [3.8, 4) is 0 Å². The third-order valence-electron chi connectivity index (χ3n) is 3.96. The number of amides is 2. The monoisotopic (exact) mass is 384 g/mol. The molecule has 7 heteroatoms. The smallest absolute Gasteiger partial charge is 0.342 e. The molecule has 2 amide bonds. The second kappa shape index (κ2) is 10.2. The van der Waals surface area contributed by atoms with Crippen LogP contribution in [0.1, 0.15) is 25.0 Å². The fraction of sp³-hybridized carbons (Fsp3) is 0.286. The summed E-state index contributed by atoms with van der Waals surface area (Å²) in [5.41, 5.74) is 1.86. The van der Waals surface area contributed by atoms with Crippen LogP contribution >= 0.6 is 0 Å². The molecule has 0 aliphatic carbocycles. The summed E-state index contributed by atoms with van der Waals surface area (Å²) in [4.78, 5) is 42.8. The van der Waals surface area contributed by atoms with Gasteiger partial charge in [0.05, 0.1) is 13.2 Å². The molecular weight excluding hydrogens is 360 g/mol. The fourth-order valence-electron chi connectivity index (χ4n) is 2.70. The fourth-order valence-corrected chi connectivity index (χ4v) is 2.70. The SMILES string of the molecule is CCOC(=O)C(Cc1ccccc1)(NC(C)=O)C(=O)NOCc1ccccc1. The number of nitrogens with one attached hydrogen (secondary N) is 2. The molecule has 148 valence electrons. The number of rotatable bonds is 9. The lowest BCUT2D eigenvalue weighted by Gasteiger charge is -2.30. The Morgan fingerprint density at radius 2 is 1.50 bits per heavy atom. The first-order valence-electron chi connectivity index (χ1n) is 8.94. The summed E-state index contributed by atoms with van der Waals surface area (Å²) in [6, 6.07) is 18.1. The first-order chi connectivity index (χ1) is 13.5. The summed E-state index contributed by atoms with van der Waals surface area (Å²) < 4.78 is 5.10. The van der Waals surface area contributed by atoms with E-state index in [1.54, 1.807) is 31.2 Å². The maximum atomic E-state index is 13.0. The molecule has 0 aromatic heterocycles. The summed E-state index contributed by atoms with van der Waals surface area (Å²) in [5, 5.41) is 2.47. The minimum absolute atomic E-state index is 0.0626. The maximum Gasteiger partial charge on any atom is 0.342 e. The molecule has 2 rings (SSSR count). The predicted octanol–water partition coefficient (Wildman–Crippen LogP) is 1.92. The largest absolute Gasteiger partial charge is 0.464 e. The number of hydrogen-bond donors (Lipinski definition) is 2. The molecule has 1 atom stereocenters. The van der Waals surface area contributed by atoms with E-state index in [1.165, 1.54) is 6.92 Å². The molecule has 0 saturated carbocycles. The van der Waals surface area contributed by atoms with Gasteiger partial charge in [-0.15, -0.1) is 0 Å². The molecule has 0 fully saturated rings. The Balaban J connectivity index is 2.24. The predicted molar refractivity (Wildman–Crippen MR) is 103 cm³/mol. The first-order valence-corrected chi connectivity index (χ1v) is 8.94. The van der Waals surface area contributed by atoms with Gasteiger partial charge in [0.15, 0.2) is 0 Å². The van der Waals surface area contributed by atoms with E-state index in [1.807, 2.05) is 36.4 Å². The molecule has 0 aliphatic heterocycles. The number of ether oxygens (including phenoxy) is 1. The van der Waals surface area contributed by atoms with Crippen LogP contribution in [0.25, 0.3) is 0 Å². The topological polar surface area (TPSA) is 93.7 Å². The first kappa shape index (κ1) is 21.1. The number of hydrogen-bond acceptors (Lipinski definition) is 5. The minimum Gasteiger partial charge on any atom is -0.464 e. The molecule has 0 heterocycles. The highest BCUT2D eigenvalue weighted by molar-refractivity contribution is 6.09. The molecular formula is C21H24N2O5. The summed E-state index contributed by atoms with van der Waals surface area (Å²) in [7, 11) is 0. The van der Waals surface area contributed by atoms with Crippen LogP contribution in [0.3, 0.4) is 0 Å². The number of carbonyl (C=O) groups is 3. The van der Waals surface area contributed by atoms with E-state index in [0.717, 1.165) is 5.56 Å². The Hall–Kier alpha value is -3.19. The van der Waals surface area contributed by atoms with Gasteiger partial charge in [-0.05, 0) is 18.1 Å². The van der Waals surface area contributed by atoms with Crippen LogP contribution in [0.15, 0.2) is 60.7 Å². The van der Waals surface area contributed by atoms with Crippen molar-refractivity contribution in [1.29, 1.82) is 0 Å². The number of hydroxylamine groups is 1. The van der Waals surface area contributed by atoms with Crippen LogP contribution in [0.4, 0.5) is 0 Å². The standard InChI is InChI=1S/C21H24N2O5/c1-3-27-20(26)21(22-16(2)24,14-17-10-6-4-7-11-17)19(25)23-28-15-18-12-8-5-9-13-18/h4-13H,3,14-15H2,1-2H3,(H,22,24)(H,23,25). The van der Waals surface area contributed by atoms with Crippen LogP contribution in [0, 0.1) is 0 Å². The average Bonchev–Trinajstić information content (AvgIpc) is 2.68. The lowest BCUT2D eigenvalue weighted by molar-refractivity contribution is -0.162. The molecule has 0 aliphatic rings. The van der Waals surface area contributed by atoms with Gasteiger partial charge in [0.25, 0.3) is 5.91 Å². The lowest BCUT2D eigenvalue weighted by atomic mass is 9.89. The molecule has 0 spiro atoms. The van der Waals surface area contributed by atoms with E-state index in [4.69, 9.17) is 9.57 Å². The van der Waals surface area contributed by atoms with Crippen molar-refractivity contribution in [2.45, 2.75) is 32.4 Å². The summed E-state index contributed by atoms with van der Waals surface area (Å²) in [5.74, 6) is -2.20.